The first-order chi connectivity index (χ1) is 10.2. The van der Waals surface area contributed by atoms with Crippen molar-refractivity contribution in [2.75, 3.05) is 5.75 Å². The van der Waals surface area contributed by atoms with Gasteiger partial charge in [-0.15, -0.1) is 10.2 Å². The molecule has 1 aromatic rings. The second kappa shape index (κ2) is 6.47. The van der Waals surface area contributed by atoms with Gasteiger partial charge in [0.15, 0.2) is 10.8 Å². The number of nitrogens with one attached hydrogen (secondary N) is 1. The van der Waals surface area contributed by atoms with Crippen LogP contribution in [0.3, 0.4) is 0 Å². The minimum Gasteiger partial charge on any atom is -0.376 e. The Morgan fingerprint density at radius 1 is 1.41 bits per heavy atom. The molecular formula is C13H13ClF3N3S2. The fourth-order valence-electron chi connectivity index (χ4n) is 1.94. The van der Waals surface area contributed by atoms with Crippen LogP contribution >= 0.6 is 34.0 Å². The first kappa shape index (κ1) is 17.1. The van der Waals surface area contributed by atoms with Gasteiger partial charge >= 0.3 is 6.18 Å². The number of alkyl halides is 3. The second-order valence-electron chi connectivity index (χ2n) is 4.64. The van der Waals surface area contributed by atoms with Crippen LogP contribution in [0.1, 0.15) is 5.56 Å². The Hall–Kier alpha value is -1.25. The molecule has 0 fully saturated rings. The molecule has 120 valence electrons. The Bertz CT molecular complexity index is 646. The lowest BCUT2D eigenvalue weighted by molar-refractivity contribution is -0.0919. The molecule has 2 rings (SSSR count). The van der Waals surface area contributed by atoms with Gasteiger partial charge in [0.25, 0.3) is 0 Å². The minimum atomic E-state index is -4.49. The molecule has 1 aromatic carbocycles. The van der Waals surface area contributed by atoms with E-state index in [4.69, 9.17) is 29.6 Å². The third-order valence-corrected chi connectivity index (χ3v) is 5.97. The standard InChI is InChI=1S/C13H13ClF3N3S2/c14-10-3-1-2-9(6-10)4-5-22(20-12(18)21)7-11(19-8-22)13(15,16)17/h1-3,6-8H,4-5H2,(H3,18,20,21). The number of aliphatic imine (C=N–C) groups is 1. The van der Waals surface area contributed by atoms with Crippen molar-refractivity contribution < 1.29 is 13.2 Å². The molecule has 0 bridgehead atoms. The lowest BCUT2D eigenvalue weighted by Gasteiger charge is -2.31. The molecule has 1 atom stereocenters. The predicted octanol–water partition coefficient (Wildman–Crippen LogP) is 3.88. The summed E-state index contributed by atoms with van der Waals surface area (Å²) in [6.45, 7) is 0. The molecule has 3 N–H and O–H groups in total. The van der Waals surface area contributed by atoms with Crippen LogP contribution in [0.25, 0.3) is 0 Å². The maximum Gasteiger partial charge on any atom is 0.433 e. The SMILES string of the molecule is NC(=S)NS1(CCc2cccc(Cl)c2)C=NC(C(F)(F)F)=C1. The Morgan fingerprint density at radius 3 is 2.68 bits per heavy atom. The van der Waals surface area contributed by atoms with Gasteiger partial charge in [-0.25, -0.2) is 4.99 Å². The van der Waals surface area contributed by atoms with E-state index in [0.717, 1.165) is 11.0 Å². The van der Waals surface area contributed by atoms with Crippen molar-refractivity contribution in [3.05, 3.63) is 46.0 Å². The van der Waals surface area contributed by atoms with Crippen LogP contribution in [0, 0.1) is 0 Å². The van der Waals surface area contributed by atoms with Gasteiger partial charge in [-0.1, -0.05) is 23.7 Å². The number of hydrogen-bond acceptors (Lipinski definition) is 2. The van der Waals surface area contributed by atoms with Crippen molar-refractivity contribution in [1.82, 2.24) is 4.72 Å². The summed E-state index contributed by atoms with van der Waals surface area (Å²) in [6.07, 6.45) is -3.96. The molecule has 0 radical (unpaired) electrons. The molecule has 22 heavy (non-hydrogen) atoms. The zero-order valence-corrected chi connectivity index (χ0v) is 13.6. The van der Waals surface area contributed by atoms with E-state index < -0.39 is 22.1 Å². The third-order valence-electron chi connectivity index (χ3n) is 2.90. The van der Waals surface area contributed by atoms with Crippen molar-refractivity contribution in [3.8, 4) is 0 Å². The average molecular weight is 368 g/mol. The van der Waals surface area contributed by atoms with E-state index in [1.54, 1.807) is 18.2 Å². The van der Waals surface area contributed by atoms with Crippen molar-refractivity contribution >= 4 is 44.7 Å². The van der Waals surface area contributed by atoms with E-state index in [2.05, 4.69) is 9.71 Å². The van der Waals surface area contributed by atoms with Gasteiger partial charge in [-0.2, -0.15) is 13.2 Å². The van der Waals surface area contributed by atoms with Gasteiger partial charge in [-0.05, 0) is 36.3 Å². The highest BCUT2D eigenvalue weighted by atomic mass is 35.5. The number of halogens is 4. The van der Waals surface area contributed by atoms with E-state index in [1.165, 1.54) is 5.55 Å². The van der Waals surface area contributed by atoms with Gasteiger partial charge in [0.05, 0.1) is 5.55 Å². The van der Waals surface area contributed by atoms with Crippen LogP contribution in [-0.4, -0.2) is 22.6 Å². The summed E-state index contributed by atoms with van der Waals surface area (Å²) in [5, 5.41) is 1.62. The molecule has 1 heterocycles. The highest BCUT2D eigenvalue weighted by Crippen LogP contribution is 2.50. The van der Waals surface area contributed by atoms with Crippen molar-refractivity contribution in [2.24, 2.45) is 10.7 Å². The summed E-state index contributed by atoms with van der Waals surface area (Å²) in [5.41, 5.74) is 6.73. The number of aryl methyl sites for hydroxylation is 1. The van der Waals surface area contributed by atoms with Crippen LogP contribution in [-0.2, 0) is 6.42 Å². The summed E-state index contributed by atoms with van der Waals surface area (Å²) in [5.74, 6) is 0.397. The normalized spacial score (nSPS) is 23.7. The zero-order valence-electron chi connectivity index (χ0n) is 11.2. The summed E-state index contributed by atoms with van der Waals surface area (Å²) < 4.78 is 41.1. The topological polar surface area (TPSA) is 50.4 Å². The van der Waals surface area contributed by atoms with Gasteiger partial charge in [-0.3, -0.25) is 0 Å². The molecule has 1 aliphatic heterocycles. The summed E-state index contributed by atoms with van der Waals surface area (Å²) in [4.78, 5) is 3.49. The van der Waals surface area contributed by atoms with E-state index in [-0.39, 0.29) is 5.11 Å². The fraction of sp³-hybridized carbons (Fsp3) is 0.231. The molecule has 0 amide bonds. The number of hydrogen-bond donors (Lipinski definition) is 2. The lowest BCUT2D eigenvalue weighted by Crippen LogP contribution is -2.33. The second-order valence-corrected chi connectivity index (χ2v) is 8.27. The number of rotatable bonds is 4. The molecule has 0 saturated heterocycles. The van der Waals surface area contributed by atoms with Gasteiger partial charge in [0.2, 0.25) is 0 Å². The van der Waals surface area contributed by atoms with Crippen molar-refractivity contribution in [2.45, 2.75) is 12.6 Å². The highest BCUT2D eigenvalue weighted by Gasteiger charge is 2.39. The Kier molecular flexibility index (Phi) is 5.03. The molecule has 9 heteroatoms. The van der Waals surface area contributed by atoms with Crippen molar-refractivity contribution in [1.29, 1.82) is 0 Å². The molecule has 0 aromatic heterocycles. The minimum absolute atomic E-state index is 0.0489. The number of thiocarbonyl (C=S) groups is 1. The van der Waals surface area contributed by atoms with Gasteiger partial charge < -0.3 is 10.5 Å². The van der Waals surface area contributed by atoms with Crippen molar-refractivity contribution in [3.63, 3.8) is 0 Å². The van der Waals surface area contributed by atoms with Crippen LogP contribution in [0.15, 0.2) is 40.4 Å². The maximum absolute atomic E-state index is 12.8. The average Bonchev–Trinajstić information content (AvgIpc) is 2.80. The summed E-state index contributed by atoms with van der Waals surface area (Å²) >= 11 is 10.7. The molecule has 0 saturated carbocycles. The third kappa shape index (κ3) is 4.37. The van der Waals surface area contributed by atoms with Gasteiger partial charge in [0.1, 0.15) is 0 Å². The summed E-state index contributed by atoms with van der Waals surface area (Å²) in [7, 11) is -2.14. The first-order valence-electron chi connectivity index (χ1n) is 6.16. The quantitative estimate of drug-likeness (QED) is 0.794. The van der Waals surface area contributed by atoms with Crippen LogP contribution in [0.5, 0.6) is 0 Å². The van der Waals surface area contributed by atoms with Gasteiger partial charge in [0, 0.05) is 16.2 Å². The number of allylic oxidation sites excluding steroid dienone is 1. The number of nitrogens with two attached hydrogens (primary N) is 1. The highest BCUT2D eigenvalue weighted by molar-refractivity contribution is 8.45. The lowest BCUT2D eigenvalue weighted by atomic mass is 10.2. The van der Waals surface area contributed by atoms with Crippen LogP contribution in [0.2, 0.25) is 5.02 Å². The van der Waals surface area contributed by atoms with E-state index in [1.807, 2.05) is 6.07 Å². The molecule has 3 nitrogen and oxygen atoms in total. The Balaban J connectivity index is 2.20. The maximum atomic E-state index is 12.8. The Morgan fingerprint density at radius 2 is 2.14 bits per heavy atom. The first-order valence-corrected chi connectivity index (χ1v) is 8.87. The zero-order chi connectivity index (χ0) is 16.4. The predicted molar refractivity (Wildman–Crippen MR) is 90.2 cm³/mol. The fourth-order valence-corrected chi connectivity index (χ4v) is 4.95. The molecular weight excluding hydrogens is 355 g/mol. The summed E-state index contributed by atoms with van der Waals surface area (Å²) in [6, 6.07) is 7.16. The molecule has 1 aliphatic rings. The molecule has 0 aliphatic carbocycles. The molecule has 0 spiro atoms. The number of benzene rings is 1. The van der Waals surface area contributed by atoms with Crippen LogP contribution in [0.4, 0.5) is 13.2 Å². The monoisotopic (exact) mass is 367 g/mol. The van der Waals surface area contributed by atoms with Crippen LogP contribution < -0.4 is 10.5 Å². The largest absolute Gasteiger partial charge is 0.433 e. The van der Waals surface area contributed by atoms with E-state index in [0.29, 0.717) is 17.2 Å². The van der Waals surface area contributed by atoms with E-state index in [9.17, 15) is 13.2 Å². The Labute approximate surface area is 137 Å². The molecule has 1 unspecified atom stereocenters. The van der Waals surface area contributed by atoms with E-state index >= 15 is 0 Å². The smallest absolute Gasteiger partial charge is 0.376 e. The number of nitrogens with zero attached hydrogens (tertiary/aromatic N) is 1.